The Labute approximate surface area is 99.7 Å². The first kappa shape index (κ1) is 12.2. The van der Waals surface area contributed by atoms with Gasteiger partial charge in [0.1, 0.15) is 0 Å². The number of allylic oxidation sites excluding steroid dienone is 1. The Morgan fingerprint density at radius 2 is 2.06 bits per heavy atom. The van der Waals surface area contributed by atoms with Gasteiger partial charge in [0.25, 0.3) is 5.91 Å². The highest BCUT2D eigenvalue weighted by Crippen LogP contribution is 2.52. The second-order valence-corrected chi connectivity index (χ2v) is 4.79. The van der Waals surface area contributed by atoms with E-state index >= 15 is 0 Å². The van der Waals surface area contributed by atoms with E-state index in [-0.39, 0.29) is 5.92 Å². The molecule has 2 aliphatic carbocycles. The van der Waals surface area contributed by atoms with Crippen LogP contribution in [0.1, 0.15) is 6.42 Å². The van der Waals surface area contributed by atoms with Gasteiger partial charge in [-0.15, -0.1) is 0 Å². The van der Waals surface area contributed by atoms with Crippen LogP contribution in [0, 0.1) is 17.8 Å². The van der Waals surface area contributed by atoms with Gasteiger partial charge in [-0.25, -0.2) is 4.21 Å². The van der Waals surface area contributed by atoms with E-state index in [1.807, 2.05) is 0 Å². The Hall–Kier alpha value is -1.25. The molecule has 94 valence electrons. The monoisotopic (exact) mass is 259 g/mol. The van der Waals surface area contributed by atoms with E-state index in [1.54, 1.807) is 12.2 Å². The Morgan fingerprint density at radius 1 is 1.41 bits per heavy atom. The summed E-state index contributed by atoms with van der Waals surface area (Å²) in [4.78, 5) is 22.9. The molecule has 0 saturated heterocycles. The summed E-state index contributed by atoms with van der Waals surface area (Å²) in [5.41, 5.74) is 8.57. The highest BCUT2D eigenvalue weighted by molar-refractivity contribution is 7.74. The highest BCUT2D eigenvalue weighted by Gasteiger charge is 2.64. The zero-order valence-corrected chi connectivity index (χ0v) is 9.51. The van der Waals surface area contributed by atoms with Crippen molar-refractivity contribution in [2.24, 2.45) is 29.2 Å². The zero-order valence-electron chi connectivity index (χ0n) is 8.70. The number of amides is 2. The molecule has 2 aliphatic rings. The van der Waals surface area contributed by atoms with Gasteiger partial charge in [-0.05, 0) is 12.3 Å². The summed E-state index contributed by atoms with van der Waals surface area (Å²) in [5.74, 6) is -3.63. The molecule has 8 heteroatoms. The molecule has 17 heavy (non-hydrogen) atoms. The lowest BCUT2D eigenvalue weighted by atomic mass is 9.78. The van der Waals surface area contributed by atoms with Crippen LogP contribution in [0.15, 0.2) is 12.2 Å². The molecule has 1 saturated carbocycles. The maximum Gasteiger partial charge on any atom is 0.252 e. The van der Waals surface area contributed by atoms with Crippen molar-refractivity contribution >= 4 is 23.2 Å². The second kappa shape index (κ2) is 3.90. The van der Waals surface area contributed by atoms with Crippen molar-refractivity contribution in [2.75, 3.05) is 0 Å². The number of nitrogens with two attached hydrogens (primary N) is 2. The first-order valence-corrected chi connectivity index (χ1v) is 5.96. The van der Waals surface area contributed by atoms with Crippen LogP contribution in [0.3, 0.4) is 0 Å². The molecule has 0 aromatic carbocycles. The number of carbonyl (C=O) groups excluding carboxylic acids is 2. The Morgan fingerprint density at radius 3 is 2.53 bits per heavy atom. The molecule has 7 nitrogen and oxygen atoms in total. The lowest BCUT2D eigenvalue weighted by Crippen LogP contribution is -2.58. The van der Waals surface area contributed by atoms with Crippen LogP contribution in [0.2, 0.25) is 0 Å². The average Bonchev–Trinajstić information content (AvgIpc) is 2.74. The minimum absolute atomic E-state index is 0.298. The van der Waals surface area contributed by atoms with Crippen molar-refractivity contribution in [3.8, 4) is 0 Å². The van der Waals surface area contributed by atoms with Crippen LogP contribution in [-0.2, 0) is 25.1 Å². The van der Waals surface area contributed by atoms with Gasteiger partial charge in [0.05, 0.1) is 17.3 Å². The van der Waals surface area contributed by atoms with Crippen LogP contribution < -0.4 is 11.5 Å². The Bertz CT molecular complexity index is 437. The summed E-state index contributed by atoms with van der Waals surface area (Å²) in [6, 6.07) is 0. The fraction of sp³-hybridized carbons (Fsp3) is 0.556. The van der Waals surface area contributed by atoms with Crippen molar-refractivity contribution in [2.45, 2.75) is 12.0 Å². The minimum Gasteiger partial charge on any atom is -0.750 e. The van der Waals surface area contributed by atoms with E-state index in [9.17, 15) is 18.4 Å². The summed E-state index contributed by atoms with van der Waals surface area (Å²) in [7, 11) is 0. The Balaban J connectivity index is 2.49. The minimum atomic E-state index is -2.95. The number of hydrogen-bond acceptors (Lipinski definition) is 5. The normalized spacial score (nSPS) is 40.4. The van der Waals surface area contributed by atoms with E-state index in [4.69, 9.17) is 11.5 Å². The fourth-order valence-electron chi connectivity index (χ4n) is 2.87. The predicted molar refractivity (Wildman–Crippen MR) is 55.4 cm³/mol. The van der Waals surface area contributed by atoms with Crippen LogP contribution in [-0.4, -0.2) is 26.2 Å². The van der Waals surface area contributed by atoms with E-state index in [0.717, 1.165) is 0 Å². The molecule has 2 rings (SSSR count). The van der Waals surface area contributed by atoms with E-state index < -0.39 is 40.6 Å². The number of fused-ring (bicyclic) bond motifs is 2. The number of rotatable bonds is 4. The summed E-state index contributed by atoms with van der Waals surface area (Å²) in [5, 5.41) is 0. The molecule has 0 aromatic heterocycles. The van der Waals surface area contributed by atoms with Crippen molar-refractivity contribution < 1.29 is 22.5 Å². The van der Waals surface area contributed by atoms with Gasteiger partial charge in [0.2, 0.25) is 5.91 Å². The molecular weight excluding hydrogens is 248 g/mol. The zero-order chi connectivity index (χ0) is 12.8. The molecule has 5 unspecified atom stereocenters. The molecule has 2 bridgehead atoms. The van der Waals surface area contributed by atoms with Crippen LogP contribution in [0.5, 0.6) is 0 Å². The van der Waals surface area contributed by atoms with Crippen LogP contribution in [0.4, 0.5) is 0 Å². The third-order valence-electron chi connectivity index (χ3n) is 3.46. The van der Waals surface area contributed by atoms with Gasteiger partial charge in [-0.1, -0.05) is 12.2 Å². The molecular formula is C9H11N2O5S-. The van der Waals surface area contributed by atoms with Gasteiger partial charge < -0.3 is 16.0 Å². The van der Waals surface area contributed by atoms with Gasteiger partial charge in [-0.2, -0.15) is 0 Å². The predicted octanol–water partition coefficient (Wildman–Crippen LogP) is -1.67. The van der Waals surface area contributed by atoms with Crippen molar-refractivity contribution in [3.05, 3.63) is 12.2 Å². The van der Waals surface area contributed by atoms with Crippen molar-refractivity contribution in [1.29, 1.82) is 0 Å². The molecule has 0 aliphatic heterocycles. The van der Waals surface area contributed by atoms with Crippen molar-refractivity contribution in [1.82, 2.24) is 0 Å². The molecule has 2 amide bonds. The molecule has 0 radical (unpaired) electrons. The molecule has 4 N–H and O–H groups in total. The molecule has 0 spiro atoms. The first-order valence-electron chi connectivity index (χ1n) is 4.96. The number of carbonyl (C=O) groups is 2. The van der Waals surface area contributed by atoms with Crippen LogP contribution in [0.25, 0.3) is 0 Å². The second-order valence-electron chi connectivity index (χ2n) is 4.22. The van der Waals surface area contributed by atoms with Gasteiger partial charge in [0.15, 0.2) is 5.60 Å². The maximum atomic E-state index is 11.5. The van der Waals surface area contributed by atoms with Gasteiger partial charge in [0, 0.05) is 5.92 Å². The lowest BCUT2D eigenvalue weighted by Gasteiger charge is -2.37. The standard InChI is InChI=1S/C9H12N2O5S/c10-7(12)6-4-1-2-5(3-4)9(6,8(11)13)16-17(14)15/h1-2,4-6H,3H2,(H2,10,12)(H2,11,13)(H,14,15)/p-1. The summed E-state index contributed by atoms with van der Waals surface area (Å²) in [6.45, 7) is 0. The van der Waals surface area contributed by atoms with Crippen molar-refractivity contribution in [3.63, 3.8) is 0 Å². The first-order chi connectivity index (χ1) is 7.89. The third-order valence-corrected chi connectivity index (χ3v) is 3.87. The summed E-state index contributed by atoms with van der Waals surface area (Å²) >= 11 is -2.95. The van der Waals surface area contributed by atoms with E-state index in [0.29, 0.717) is 6.42 Å². The number of hydrogen-bond donors (Lipinski definition) is 2. The highest BCUT2D eigenvalue weighted by atomic mass is 32.2. The lowest BCUT2D eigenvalue weighted by molar-refractivity contribution is -0.147. The average molecular weight is 259 g/mol. The Kier molecular flexibility index (Phi) is 2.80. The third kappa shape index (κ3) is 1.60. The molecule has 5 atom stereocenters. The summed E-state index contributed by atoms with van der Waals surface area (Å²) in [6.07, 6.45) is 3.81. The SMILES string of the molecule is NC(=O)C1C2C=CC(C2)C1(OS(=O)[O-])C(N)=O. The van der Waals surface area contributed by atoms with E-state index in [2.05, 4.69) is 4.18 Å². The summed E-state index contributed by atoms with van der Waals surface area (Å²) < 4.78 is 26.1. The topological polar surface area (TPSA) is 136 Å². The largest absolute Gasteiger partial charge is 0.750 e. The maximum absolute atomic E-state index is 11.5. The molecule has 1 fully saturated rings. The fourth-order valence-corrected chi connectivity index (χ4v) is 3.40. The van der Waals surface area contributed by atoms with Crippen LogP contribution >= 0.6 is 0 Å². The number of primary amides is 2. The van der Waals surface area contributed by atoms with Gasteiger partial charge >= 0.3 is 0 Å². The van der Waals surface area contributed by atoms with E-state index in [1.165, 1.54) is 0 Å². The quantitative estimate of drug-likeness (QED) is 0.459. The molecule has 0 aromatic rings. The molecule has 0 heterocycles. The smallest absolute Gasteiger partial charge is 0.252 e. The van der Waals surface area contributed by atoms with Gasteiger partial charge in [-0.3, -0.25) is 13.8 Å².